The second kappa shape index (κ2) is 8.63. The van der Waals surface area contributed by atoms with Crippen molar-refractivity contribution in [3.05, 3.63) is 53.3 Å². The molecule has 2 fully saturated rings. The van der Waals surface area contributed by atoms with E-state index in [0.717, 1.165) is 29.9 Å². The zero-order valence-electron chi connectivity index (χ0n) is 18.6. The van der Waals surface area contributed by atoms with Gasteiger partial charge in [-0.3, -0.25) is 14.6 Å². The monoisotopic (exact) mass is 474 g/mol. The van der Waals surface area contributed by atoms with Gasteiger partial charge in [0.05, 0.1) is 35.0 Å². The molecule has 0 N–H and O–H groups in total. The van der Waals surface area contributed by atoms with E-state index in [1.54, 1.807) is 6.07 Å². The lowest BCUT2D eigenvalue weighted by molar-refractivity contribution is -0.137. The number of urea groups is 1. The molecule has 1 aliphatic heterocycles. The Labute approximate surface area is 194 Å². The van der Waals surface area contributed by atoms with Crippen LogP contribution in [0.2, 0.25) is 0 Å². The molecule has 0 unspecified atom stereocenters. The van der Waals surface area contributed by atoms with Crippen LogP contribution >= 0.6 is 0 Å². The standard InChI is InChI=1S/C24H22F4N4O2/c1-14(33)30(2)20-10-9-17(12-19(20)25)32-22-6-4-3-5-21(22)31(23(32)34)16-8-7-15(13-29)18(11-16)24(26,27)28/h7-12,21-22H,3-6H2,1-2H3/t21-,22-/m1/s1. The van der Waals surface area contributed by atoms with E-state index >= 15 is 0 Å². The molecule has 0 bridgehead atoms. The van der Waals surface area contributed by atoms with Crippen molar-refractivity contribution in [3.63, 3.8) is 0 Å². The van der Waals surface area contributed by atoms with Crippen molar-refractivity contribution >= 4 is 29.0 Å². The number of hydrogen-bond acceptors (Lipinski definition) is 3. The number of alkyl halides is 3. The van der Waals surface area contributed by atoms with Gasteiger partial charge in [0.2, 0.25) is 5.91 Å². The molecule has 34 heavy (non-hydrogen) atoms. The summed E-state index contributed by atoms with van der Waals surface area (Å²) in [6, 6.07) is 7.60. The highest BCUT2D eigenvalue weighted by Crippen LogP contribution is 2.42. The zero-order valence-corrected chi connectivity index (χ0v) is 18.6. The minimum atomic E-state index is -4.75. The van der Waals surface area contributed by atoms with Gasteiger partial charge in [-0.2, -0.15) is 18.4 Å². The first-order valence-corrected chi connectivity index (χ1v) is 10.8. The van der Waals surface area contributed by atoms with Crippen molar-refractivity contribution in [1.29, 1.82) is 5.26 Å². The number of nitriles is 1. The Bertz CT molecular complexity index is 1190. The summed E-state index contributed by atoms with van der Waals surface area (Å²) in [5, 5.41) is 9.09. The van der Waals surface area contributed by atoms with E-state index in [-0.39, 0.29) is 29.0 Å². The second-order valence-corrected chi connectivity index (χ2v) is 8.49. The zero-order chi connectivity index (χ0) is 24.8. The summed E-state index contributed by atoms with van der Waals surface area (Å²) in [6.07, 6.45) is -1.92. The number of benzene rings is 2. The molecule has 0 spiro atoms. The summed E-state index contributed by atoms with van der Waals surface area (Å²) in [6.45, 7) is 1.30. The SMILES string of the molecule is CC(=O)N(C)c1ccc(N2C(=O)N(c3ccc(C#N)c(C(F)(F)F)c3)[C@@H]3CCCC[C@H]32)cc1F. The van der Waals surface area contributed by atoms with E-state index in [2.05, 4.69) is 0 Å². The number of fused-ring (bicyclic) bond motifs is 1. The molecule has 10 heteroatoms. The van der Waals surface area contributed by atoms with E-state index in [1.807, 2.05) is 0 Å². The molecule has 3 amide bonds. The van der Waals surface area contributed by atoms with Gasteiger partial charge in [-0.05, 0) is 49.2 Å². The number of amides is 3. The van der Waals surface area contributed by atoms with Crippen LogP contribution in [0.15, 0.2) is 36.4 Å². The van der Waals surface area contributed by atoms with Crippen LogP contribution in [-0.4, -0.2) is 31.1 Å². The van der Waals surface area contributed by atoms with Crippen LogP contribution in [0, 0.1) is 17.1 Å². The molecule has 0 radical (unpaired) electrons. The van der Waals surface area contributed by atoms with Crippen LogP contribution in [0.4, 0.5) is 39.4 Å². The van der Waals surface area contributed by atoms with Gasteiger partial charge in [0, 0.05) is 25.3 Å². The Hall–Kier alpha value is -3.61. The number of rotatable bonds is 3. The molecule has 4 rings (SSSR count). The van der Waals surface area contributed by atoms with Crippen molar-refractivity contribution in [3.8, 4) is 6.07 Å². The molecule has 0 aromatic heterocycles. The molecule has 2 aliphatic rings. The van der Waals surface area contributed by atoms with E-state index in [1.165, 1.54) is 48.0 Å². The average molecular weight is 474 g/mol. The molecule has 2 atom stereocenters. The van der Waals surface area contributed by atoms with Crippen molar-refractivity contribution in [2.75, 3.05) is 21.7 Å². The predicted molar refractivity (Wildman–Crippen MR) is 118 cm³/mol. The minimum Gasteiger partial charge on any atom is -0.313 e. The number of carbonyl (C=O) groups excluding carboxylic acids is 2. The highest BCUT2D eigenvalue weighted by Gasteiger charge is 2.48. The fourth-order valence-electron chi connectivity index (χ4n) is 4.80. The largest absolute Gasteiger partial charge is 0.417 e. The molecule has 6 nitrogen and oxygen atoms in total. The Morgan fingerprint density at radius 2 is 1.62 bits per heavy atom. The van der Waals surface area contributed by atoms with Gasteiger partial charge in [-0.1, -0.05) is 12.8 Å². The molecule has 1 saturated carbocycles. The molecule has 2 aromatic carbocycles. The van der Waals surface area contributed by atoms with E-state index in [0.29, 0.717) is 12.8 Å². The first-order valence-electron chi connectivity index (χ1n) is 10.8. The quantitative estimate of drug-likeness (QED) is 0.555. The van der Waals surface area contributed by atoms with E-state index in [9.17, 15) is 27.2 Å². The minimum absolute atomic E-state index is 0.0455. The predicted octanol–water partition coefficient (Wildman–Crippen LogP) is 5.46. The summed E-state index contributed by atoms with van der Waals surface area (Å²) in [5.74, 6) is -1.05. The average Bonchev–Trinajstić information content (AvgIpc) is 3.09. The Kier molecular flexibility index (Phi) is 5.98. The van der Waals surface area contributed by atoms with Crippen molar-refractivity contribution < 1.29 is 27.2 Å². The summed E-state index contributed by atoms with van der Waals surface area (Å²) in [7, 11) is 1.43. The fourth-order valence-corrected chi connectivity index (χ4v) is 4.80. The summed E-state index contributed by atoms with van der Waals surface area (Å²) in [5.41, 5.74) is -1.25. The highest BCUT2D eigenvalue weighted by atomic mass is 19.4. The van der Waals surface area contributed by atoms with Gasteiger partial charge in [0.25, 0.3) is 0 Å². The lowest BCUT2D eigenvalue weighted by atomic mass is 9.89. The van der Waals surface area contributed by atoms with Crippen LogP contribution in [0.25, 0.3) is 0 Å². The number of nitrogens with zero attached hydrogens (tertiary/aromatic N) is 4. The van der Waals surface area contributed by atoms with Crippen LogP contribution < -0.4 is 14.7 Å². The lowest BCUT2D eigenvalue weighted by Crippen LogP contribution is -2.40. The molecule has 1 heterocycles. The van der Waals surface area contributed by atoms with Crippen LogP contribution in [0.3, 0.4) is 0 Å². The van der Waals surface area contributed by atoms with Crippen LogP contribution in [0.5, 0.6) is 0 Å². The number of anilines is 3. The first kappa shape index (κ1) is 23.5. The maximum atomic E-state index is 14.9. The van der Waals surface area contributed by atoms with Crippen LogP contribution in [-0.2, 0) is 11.0 Å². The number of carbonyl (C=O) groups is 2. The summed E-state index contributed by atoms with van der Waals surface area (Å²) in [4.78, 5) is 29.1. The van der Waals surface area contributed by atoms with Gasteiger partial charge in [0.15, 0.2) is 0 Å². The fraction of sp³-hybridized carbons (Fsp3) is 0.375. The Balaban J connectivity index is 1.76. The molecular formula is C24H22F4N4O2. The normalized spacial score (nSPS) is 20.2. The molecule has 178 valence electrons. The Morgan fingerprint density at radius 1 is 1.06 bits per heavy atom. The van der Waals surface area contributed by atoms with Crippen LogP contribution in [0.1, 0.15) is 43.7 Å². The Morgan fingerprint density at radius 3 is 2.12 bits per heavy atom. The lowest BCUT2D eigenvalue weighted by Gasteiger charge is -2.32. The van der Waals surface area contributed by atoms with Gasteiger partial charge < -0.3 is 4.90 Å². The summed E-state index contributed by atoms with van der Waals surface area (Å²) >= 11 is 0. The first-order chi connectivity index (χ1) is 16.0. The van der Waals surface area contributed by atoms with Gasteiger partial charge in [0.1, 0.15) is 5.82 Å². The smallest absolute Gasteiger partial charge is 0.313 e. The third-order valence-electron chi connectivity index (χ3n) is 6.52. The molecule has 1 saturated heterocycles. The van der Waals surface area contributed by atoms with Crippen molar-refractivity contribution in [2.45, 2.75) is 50.9 Å². The molecular weight excluding hydrogens is 452 g/mol. The van der Waals surface area contributed by atoms with Gasteiger partial charge >= 0.3 is 12.2 Å². The van der Waals surface area contributed by atoms with Gasteiger partial charge in [-0.15, -0.1) is 0 Å². The topological polar surface area (TPSA) is 67.7 Å². The third kappa shape index (κ3) is 3.95. The van der Waals surface area contributed by atoms with Crippen molar-refractivity contribution in [2.24, 2.45) is 0 Å². The maximum Gasteiger partial charge on any atom is 0.417 e. The molecule has 2 aromatic rings. The highest BCUT2D eigenvalue weighted by molar-refractivity contribution is 6.08. The second-order valence-electron chi connectivity index (χ2n) is 8.49. The maximum absolute atomic E-state index is 14.9. The van der Waals surface area contributed by atoms with E-state index < -0.39 is 35.2 Å². The van der Waals surface area contributed by atoms with Gasteiger partial charge in [-0.25, -0.2) is 9.18 Å². The van der Waals surface area contributed by atoms with Crippen molar-refractivity contribution in [1.82, 2.24) is 0 Å². The number of halogens is 4. The summed E-state index contributed by atoms with van der Waals surface area (Å²) < 4.78 is 55.5. The molecule has 1 aliphatic carbocycles. The van der Waals surface area contributed by atoms with E-state index in [4.69, 9.17) is 5.26 Å². The third-order valence-corrected chi connectivity index (χ3v) is 6.52. The number of hydrogen-bond donors (Lipinski definition) is 0.